The molecule has 0 aliphatic rings. The number of guanidine groups is 1. The number of nitrogens with two attached hydrogens (primary N) is 3. The molecule has 268 valence electrons. The minimum absolute atomic E-state index is 0.0352. The molecule has 4 aromatic rings. The molecular weight excluding hydrogens is 608 g/mol. The zero-order valence-electron chi connectivity index (χ0n) is 31.7. The largest absolute Gasteiger partial charge is 0.370 e. The molecule has 0 radical (unpaired) electrons. The van der Waals surface area contributed by atoms with Crippen LogP contribution in [0.1, 0.15) is 116 Å². The highest BCUT2D eigenvalue weighted by Crippen LogP contribution is 2.30. The maximum Gasteiger partial charge on any atom is 0.354 e. The van der Waals surface area contributed by atoms with Crippen LogP contribution in [0.4, 0.5) is 0 Å². The molecule has 2 aromatic heterocycles. The van der Waals surface area contributed by atoms with Crippen molar-refractivity contribution >= 4 is 17.0 Å². The van der Waals surface area contributed by atoms with E-state index in [2.05, 4.69) is 114 Å². The average Bonchev–Trinajstić information content (AvgIpc) is 3.45. The van der Waals surface area contributed by atoms with E-state index in [0.29, 0.717) is 18.1 Å². The van der Waals surface area contributed by atoms with Crippen molar-refractivity contribution in [2.45, 2.75) is 112 Å². The first-order valence-corrected chi connectivity index (χ1v) is 17.6. The SMILES string of the molecule is CC(C)(C)c1cc2cn(-c3ccc(CNCCCN=C(N)N)cc3)c(=O)nc2[nH]1.CC(C)c1cc(CCC(C)(C)CN)cc(C(C)(C)C)c1. The Morgan fingerprint density at radius 2 is 1.61 bits per heavy atom. The van der Waals surface area contributed by atoms with Gasteiger partial charge in [0.2, 0.25) is 0 Å². The normalized spacial score (nSPS) is 12.2. The Labute approximate surface area is 294 Å². The quantitative estimate of drug-likeness (QED) is 0.0636. The predicted molar refractivity (Wildman–Crippen MR) is 208 cm³/mol. The summed E-state index contributed by atoms with van der Waals surface area (Å²) in [5.74, 6) is 0.705. The minimum Gasteiger partial charge on any atom is -0.370 e. The Morgan fingerprint density at radius 1 is 0.939 bits per heavy atom. The summed E-state index contributed by atoms with van der Waals surface area (Å²) in [4.78, 5) is 23.9. The van der Waals surface area contributed by atoms with Crippen LogP contribution in [0.15, 0.2) is 64.5 Å². The number of fused-ring (bicyclic) bond motifs is 1. The lowest BCUT2D eigenvalue weighted by Gasteiger charge is -2.25. The second-order valence-electron chi connectivity index (χ2n) is 16.4. The van der Waals surface area contributed by atoms with E-state index in [9.17, 15) is 4.79 Å². The molecule has 0 aliphatic heterocycles. The first kappa shape index (κ1) is 39.5. The van der Waals surface area contributed by atoms with E-state index in [1.54, 1.807) is 4.57 Å². The smallest absolute Gasteiger partial charge is 0.354 e. The maximum absolute atomic E-state index is 12.5. The summed E-state index contributed by atoms with van der Waals surface area (Å²) < 4.78 is 1.58. The fourth-order valence-corrected chi connectivity index (χ4v) is 5.22. The van der Waals surface area contributed by atoms with Crippen molar-refractivity contribution in [1.82, 2.24) is 19.9 Å². The van der Waals surface area contributed by atoms with Gasteiger partial charge in [-0.05, 0) is 89.6 Å². The van der Waals surface area contributed by atoms with Crippen LogP contribution < -0.4 is 28.2 Å². The van der Waals surface area contributed by atoms with Gasteiger partial charge in [-0.1, -0.05) is 99.6 Å². The number of hydrogen-bond acceptors (Lipinski definition) is 5. The van der Waals surface area contributed by atoms with Crippen molar-refractivity contribution < 1.29 is 0 Å². The van der Waals surface area contributed by atoms with Crippen molar-refractivity contribution in [3.05, 3.63) is 93.2 Å². The van der Waals surface area contributed by atoms with Crippen LogP contribution in [0, 0.1) is 5.41 Å². The standard InChI is InChI=1S/C21H29N7O.C19H33N/c1-21(2,3)17-11-15-13-28(20(29)27-18(15)26-17)16-7-5-14(6-8-16)12-24-9-4-10-25-19(22)23;1-14(2)16-10-15(8-9-19(6,7)13-20)11-17(12-16)18(3,4)5/h5-8,11,13,24H,4,9-10,12H2,1-3H3,(H4,22,23,25)(H,26,27,29);10-12,14H,8-9,13,20H2,1-7H3. The molecule has 9 nitrogen and oxygen atoms in total. The van der Waals surface area contributed by atoms with E-state index in [0.717, 1.165) is 61.2 Å². The minimum atomic E-state index is -0.301. The van der Waals surface area contributed by atoms with Crippen molar-refractivity contribution in [2.24, 2.45) is 27.6 Å². The molecule has 0 atom stereocenters. The van der Waals surface area contributed by atoms with Crippen LogP contribution in [-0.2, 0) is 23.8 Å². The van der Waals surface area contributed by atoms with Crippen molar-refractivity contribution in [3.8, 4) is 5.69 Å². The van der Waals surface area contributed by atoms with Crippen LogP contribution in [0.2, 0.25) is 0 Å². The first-order valence-electron chi connectivity index (χ1n) is 17.6. The lowest BCUT2D eigenvalue weighted by Crippen LogP contribution is -2.24. The van der Waals surface area contributed by atoms with Crippen molar-refractivity contribution in [2.75, 3.05) is 19.6 Å². The van der Waals surface area contributed by atoms with Gasteiger partial charge >= 0.3 is 5.69 Å². The molecule has 8 N–H and O–H groups in total. The zero-order chi connectivity index (χ0) is 36.6. The number of nitrogens with one attached hydrogen (secondary N) is 2. The van der Waals surface area contributed by atoms with E-state index in [-0.39, 0.29) is 27.9 Å². The van der Waals surface area contributed by atoms with E-state index in [1.165, 1.54) is 16.7 Å². The molecule has 0 fully saturated rings. The molecule has 0 bridgehead atoms. The molecule has 0 unspecified atom stereocenters. The number of nitrogens with zero attached hydrogens (tertiary/aromatic N) is 3. The number of aryl methyl sites for hydroxylation is 1. The van der Waals surface area contributed by atoms with E-state index >= 15 is 0 Å². The Balaban J connectivity index is 0.000000286. The molecule has 0 saturated heterocycles. The summed E-state index contributed by atoms with van der Waals surface area (Å²) in [5.41, 5.74) is 24.5. The highest BCUT2D eigenvalue weighted by molar-refractivity contribution is 5.76. The molecule has 0 aliphatic carbocycles. The van der Waals surface area contributed by atoms with Crippen LogP contribution in [0.3, 0.4) is 0 Å². The lowest BCUT2D eigenvalue weighted by atomic mass is 9.81. The number of aliphatic imine (C=N–C) groups is 1. The maximum atomic E-state index is 12.5. The second kappa shape index (κ2) is 16.6. The predicted octanol–water partition coefficient (Wildman–Crippen LogP) is 6.79. The molecule has 0 spiro atoms. The monoisotopic (exact) mass is 671 g/mol. The Hall–Kier alpha value is -3.95. The molecule has 0 saturated carbocycles. The third-order valence-electron chi connectivity index (χ3n) is 8.86. The van der Waals surface area contributed by atoms with Gasteiger partial charge in [0.05, 0.1) is 5.69 Å². The lowest BCUT2D eigenvalue weighted by molar-refractivity contribution is 0.348. The van der Waals surface area contributed by atoms with Gasteiger partial charge in [-0.2, -0.15) is 4.98 Å². The molecule has 2 heterocycles. The summed E-state index contributed by atoms with van der Waals surface area (Å²) in [6.07, 6.45) is 4.97. The summed E-state index contributed by atoms with van der Waals surface area (Å²) in [5, 5.41) is 4.27. The van der Waals surface area contributed by atoms with Gasteiger partial charge in [0, 0.05) is 35.8 Å². The van der Waals surface area contributed by atoms with Crippen LogP contribution in [0.25, 0.3) is 16.7 Å². The summed E-state index contributed by atoms with van der Waals surface area (Å²) in [6.45, 7) is 25.2. The van der Waals surface area contributed by atoms with Crippen LogP contribution >= 0.6 is 0 Å². The zero-order valence-corrected chi connectivity index (χ0v) is 31.7. The van der Waals surface area contributed by atoms with Crippen LogP contribution in [0.5, 0.6) is 0 Å². The topological polar surface area (TPSA) is 153 Å². The highest BCUT2D eigenvalue weighted by atomic mass is 16.1. The number of benzene rings is 2. The Morgan fingerprint density at radius 3 is 2.18 bits per heavy atom. The highest BCUT2D eigenvalue weighted by Gasteiger charge is 2.20. The van der Waals surface area contributed by atoms with E-state index in [1.807, 2.05) is 30.5 Å². The van der Waals surface area contributed by atoms with Gasteiger partial charge in [-0.3, -0.25) is 9.56 Å². The van der Waals surface area contributed by atoms with Crippen molar-refractivity contribution in [1.29, 1.82) is 0 Å². The van der Waals surface area contributed by atoms with E-state index < -0.39 is 0 Å². The summed E-state index contributed by atoms with van der Waals surface area (Å²) >= 11 is 0. The van der Waals surface area contributed by atoms with Gasteiger partial charge in [0.1, 0.15) is 5.65 Å². The van der Waals surface area contributed by atoms with E-state index in [4.69, 9.17) is 17.2 Å². The van der Waals surface area contributed by atoms with Gasteiger partial charge in [-0.15, -0.1) is 0 Å². The average molecular weight is 671 g/mol. The number of aromatic amines is 1. The molecule has 2 aromatic carbocycles. The molecule has 4 rings (SSSR count). The van der Waals surface area contributed by atoms with Crippen LogP contribution in [-0.4, -0.2) is 40.1 Å². The van der Waals surface area contributed by atoms with Gasteiger partial charge < -0.3 is 27.5 Å². The third-order valence-corrected chi connectivity index (χ3v) is 8.86. The molecule has 9 heteroatoms. The Kier molecular flexibility index (Phi) is 13.4. The number of H-pyrrole nitrogens is 1. The van der Waals surface area contributed by atoms with Gasteiger partial charge in [-0.25, -0.2) is 4.79 Å². The number of hydrogen-bond donors (Lipinski definition) is 5. The second-order valence-corrected chi connectivity index (χ2v) is 16.4. The molecule has 0 amide bonds. The number of rotatable bonds is 12. The first-order chi connectivity index (χ1) is 22.8. The molecular formula is C40H62N8O. The fraction of sp³-hybridized carbons (Fsp3) is 0.525. The summed E-state index contributed by atoms with van der Waals surface area (Å²) in [7, 11) is 0. The fourth-order valence-electron chi connectivity index (χ4n) is 5.22. The van der Waals surface area contributed by atoms with Gasteiger partial charge in [0.15, 0.2) is 5.96 Å². The summed E-state index contributed by atoms with van der Waals surface area (Å²) in [6, 6.07) is 17.1. The van der Waals surface area contributed by atoms with Gasteiger partial charge in [0.25, 0.3) is 0 Å². The van der Waals surface area contributed by atoms with Crippen molar-refractivity contribution in [3.63, 3.8) is 0 Å². The Bertz CT molecular complexity index is 1730. The number of aromatic nitrogens is 3. The third kappa shape index (κ3) is 12.2. The molecule has 49 heavy (non-hydrogen) atoms.